The van der Waals surface area contributed by atoms with Crippen LogP contribution in [0.4, 0.5) is 11.4 Å². The van der Waals surface area contributed by atoms with Gasteiger partial charge in [0.2, 0.25) is 11.8 Å². The third kappa shape index (κ3) is 10.5. The average Bonchev–Trinajstić information content (AvgIpc) is 3.17. The maximum Gasteiger partial charge on any atom is 0.224 e. The third-order valence-electron chi connectivity index (χ3n) is 9.73. The van der Waals surface area contributed by atoms with E-state index >= 15 is 0 Å². The molecule has 268 valence electrons. The molecular weight excluding hydrogens is 640 g/mol. The molecule has 2 aliphatic heterocycles. The summed E-state index contributed by atoms with van der Waals surface area (Å²) < 4.78 is 13.3. The van der Waals surface area contributed by atoms with Crippen molar-refractivity contribution in [1.82, 2.24) is 10.2 Å². The number of nitrogen functional groups attached to an aromatic ring is 1. The molecule has 4 aromatic rings. The van der Waals surface area contributed by atoms with Gasteiger partial charge in [-0.1, -0.05) is 79.2 Å². The number of anilines is 2. The number of nitrogens with two attached hydrogens (primary N) is 1. The van der Waals surface area contributed by atoms with Crippen LogP contribution in [0.1, 0.15) is 86.0 Å². The minimum absolute atomic E-state index is 0.0173. The van der Waals surface area contributed by atoms with Crippen LogP contribution >= 0.6 is 0 Å². The molecule has 4 aromatic carbocycles. The number of nitrogens with zero attached hydrogens (tertiary/aromatic N) is 1. The van der Waals surface area contributed by atoms with Crippen molar-refractivity contribution in [2.24, 2.45) is 0 Å². The molecule has 5 N–H and O–H groups in total. The van der Waals surface area contributed by atoms with Crippen molar-refractivity contribution in [3.63, 3.8) is 0 Å². The van der Waals surface area contributed by atoms with Gasteiger partial charge in [0.25, 0.3) is 0 Å². The lowest BCUT2D eigenvalue weighted by Crippen LogP contribution is -2.41. The molecule has 0 spiro atoms. The number of aliphatic hydroxyl groups is 1. The van der Waals surface area contributed by atoms with Gasteiger partial charge in [0.1, 0.15) is 0 Å². The Morgan fingerprint density at radius 1 is 0.765 bits per heavy atom. The average molecular weight is 691 g/mol. The standard InChI is InChI=1S/C42H50N4O5/c43-37-14-2-3-15-38(37)45-41(49)17-5-4-16-40(48)44-27-31-10-8-11-33(24-31)34-12-9-13-35(25-34)42-50-36(28-46-22-6-1-7-23-46)26-39(51-42)32-20-18-30(29-47)19-21-32/h2-3,8-15,18-21,24-25,36,39,42,47H,1,4-7,16-17,22-23,26-29,43H2,(H,44,48)(H,45,49). The van der Waals surface area contributed by atoms with E-state index in [1.807, 2.05) is 42.5 Å². The van der Waals surface area contributed by atoms with Crippen molar-refractivity contribution in [1.29, 1.82) is 0 Å². The Labute approximate surface area is 301 Å². The summed E-state index contributed by atoms with van der Waals surface area (Å²) in [6.45, 7) is 3.54. The van der Waals surface area contributed by atoms with Crippen LogP contribution in [0.5, 0.6) is 0 Å². The van der Waals surface area contributed by atoms with Crippen LogP contribution < -0.4 is 16.4 Å². The molecular formula is C42H50N4O5. The van der Waals surface area contributed by atoms with Crippen LogP contribution in [-0.2, 0) is 32.2 Å². The first-order valence-electron chi connectivity index (χ1n) is 18.3. The lowest BCUT2D eigenvalue weighted by atomic mass is 9.98. The number of rotatable bonds is 14. The Bertz CT molecular complexity index is 1740. The summed E-state index contributed by atoms with van der Waals surface area (Å²) in [5.74, 6) is -0.150. The van der Waals surface area contributed by atoms with E-state index in [0.29, 0.717) is 43.6 Å². The number of hydrogen-bond acceptors (Lipinski definition) is 7. The lowest BCUT2D eigenvalue weighted by Gasteiger charge is -2.39. The van der Waals surface area contributed by atoms with Gasteiger partial charge in [0.15, 0.2) is 6.29 Å². The summed E-state index contributed by atoms with van der Waals surface area (Å²) in [5, 5.41) is 15.4. The fraction of sp³-hybridized carbons (Fsp3) is 0.381. The summed E-state index contributed by atoms with van der Waals surface area (Å²) in [6, 6.07) is 31.7. The number of ether oxygens (including phenoxy) is 2. The predicted octanol–water partition coefficient (Wildman–Crippen LogP) is 7.27. The molecule has 51 heavy (non-hydrogen) atoms. The zero-order chi connectivity index (χ0) is 35.4. The van der Waals surface area contributed by atoms with Crippen molar-refractivity contribution in [3.05, 3.63) is 119 Å². The minimum Gasteiger partial charge on any atom is -0.397 e. The lowest BCUT2D eigenvalue weighted by molar-refractivity contribution is -0.253. The molecule has 2 amide bonds. The van der Waals surface area contributed by atoms with Gasteiger partial charge in [-0.3, -0.25) is 9.59 Å². The monoisotopic (exact) mass is 690 g/mol. The quantitative estimate of drug-likeness (QED) is 0.0810. The fourth-order valence-electron chi connectivity index (χ4n) is 6.87. The Morgan fingerprint density at radius 2 is 1.49 bits per heavy atom. The van der Waals surface area contributed by atoms with Gasteiger partial charge in [-0.15, -0.1) is 0 Å². The molecule has 0 radical (unpaired) electrons. The molecule has 3 unspecified atom stereocenters. The first-order valence-corrected chi connectivity index (χ1v) is 18.3. The number of hydrogen-bond donors (Lipinski definition) is 4. The van der Waals surface area contributed by atoms with E-state index in [2.05, 4.69) is 58.0 Å². The van der Waals surface area contributed by atoms with E-state index in [1.54, 1.807) is 12.1 Å². The summed E-state index contributed by atoms with van der Waals surface area (Å²) in [6.07, 6.45) is 5.86. The number of benzene rings is 4. The van der Waals surface area contributed by atoms with Crippen LogP contribution in [0.15, 0.2) is 97.1 Å². The number of piperidine rings is 1. The molecule has 0 saturated carbocycles. The summed E-state index contributed by atoms with van der Waals surface area (Å²) in [4.78, 5) is 27.4. The van der Waals surface area contributed by atoms with Crippen molar-refractivity contribution in [2.75, 3.05) is 30.7 Å². The second kappa shape index (κ2) is 18.1. The maximum absolute atomic E-state index is 12.6. The highest BCUT2D eigenvalue weighted by Gasteiger charge is 2.33. The zero-order valence-corrected chi connectivity index (χ0v) is 29.3. The van der Waals surface area contributed by atoms with Crippen LogP contribution in [0, 0.1) is 0 Å². The van der Waals surface area contributed by atoms with Crippen LogP contribution in [-0.4, -0.2) is 47.6 Å². The molecule has 3 atom stereocenters. The number of aliphatic hydroxyl groups excluding tert-OH is 1. The number of carbonyl (C=O) groups excluding carboxylic acids is 2. The topological polar surface area (TPSA) is 126 Å². The maximum atomic E-state index is 12.6. The highest BCUT2D eigenvalue weighted by Crippen LogP contribution is 2.39. The number of amides is 2. The smallest absolute Gasteiger partial charge is 0.224 e. The highest BCUT2D eigenvalue weighted by molar-refractivity contribution is 5.93. The van der Waals surface area contributed by atoms with Gasteiger partial charge < -0.3 is 35.8 Å². The van der Waals surface area contributed by atoms with E-state index < -0.39 is 6.29 Å². The number of nitrogens with one attached hydrogen (secondary N) is 2. The zero-order valence-electron chi connectivity index (χ0n) is 29.3. The van der Waals surface area contributed by atoms with E-state index in [9.17, 15) is 14.7 Å². The van der Waals surface area contributed by atoms with Gasteiger partial charge in [-0.25, -0.2) is 0 Å². The first kappa shape index (κ1) is 36.3. The van der Waals surface area contributed by atoms with Crippen molar-refractivity contribution in [3.8, 4) is 11.1 Å². The van der Waals surface area contributed by atoms with Crippen molar-refractivity contribution >= 4 is 23.2 Å². The van der Waals surface area contributed by atoms with Crippen molar-refractivity contribution in [2.45, 2.75) is 83.0 Å². The molecule has 0 aliphatic carbocycles. The number of unbranched alkanes of at least 4 members (excludes halogenated alkanes) is 1. The number of carbonyl (C=O) groups is 2. The molecule has 9 nitrogen and oxygen atoms in total. The Hall–Kier alpha value is -4.54. The van der Waals surface area contributed by atoms with E-state index in [0.717, 1.165) is 59.4 Å². The van der Waals surface area contributed by atoms with Gasteiger partial charge >= 0.3 is 0 Å². The van der Waals surface area contributed by atoms with Gasteiger partial charge in [0.05, 0.1) is 30.2 Å². The number of para-hydroxylation sites is 2. The number of likely N-dealkylation sites (tertiary alicyclic amines) is 1. The van der Waals surface area contributed by atoms with E-state index in [-0.39, 0.29) is 30.6 Å². The van der Waals surface area contributed by atoms with Crippen LogP contribution in [0.3, 0.4) is 0 Å². The molecule has 0 aromatic heterocycles. The second-order valence-electron chi connectivity index (χ2n) is 13.7. The van der Waals surface area contributed by atoms with E-state index in [1.165, 1.54) is 19.3 Å². The largest absolute Gasteiger partial charge is 0.397 e. The molecule has 2 fully saturated rings. The molecule has 2 heterocycles. The SMILES string of the molecule is Nc1ccccc1NC(=O)CCCCC(=O)NCc1cccc(-c2cccc(C3OC(CN4CCCCC4)CC(c4ccc(CO)cc4)O3)c2)c1. The van der Waals surface area contributed by atoms with Gasteiger partial charge in [-0.05, 0) is 90.9 Å². The van der Waals surface area contributed by atoms with Crippen LogP contribution in [0.25, 0.3) is 11.1 Å². The predicted molar refractivity (Wildman–Crippen MR) is 200 cm³/mol. The summed E-state index contributed by atoms with van der Waals surface area (Å²) in [7, 11) is 0. The second-order valence-corrected chi connectivity index (χ2v) is 13.7. The van der Waals surface area contributed by atoms with Crippen LogP contribution in [0.2, 0.25) is 0 Å². The van der Waals surface area contributed by atoms with Gasteiger partial charge in [0, 0.05) is 37.9 Å². The van der Waals surface area contributed by atoms with Crippen molar-refractivity contribution < 1.29 is 24.2 Å². The molecule has 6 rings (SSSR count). The third-order valence-corrected chi connectivity index (χ3v) is 9.73. The summed E-state index contributed by atoms with van der Waals surface area (Å²) in [5.41, 5.74) is 13.1. The van der Waals surface area contributed by atoms with E-state index in [4.69, 9.17) is 15.2 Å². The molecule has 2 saturated heterocycles. The molecule has 0 bridgehead atoms. The summed E-state index contributed by atoms with van der Waals surface area (Å²) >= 11 is 0. The van der Waals surface area contributed by atoms with Gasteiger partial charge in [-0.2, -0.15) is 0 Å². The fourth-order valence-corrected chi connectivity index (χ4v) is 6.87. The molecule has 2 aliphatic rings. The Kier molecular flexibility index (Phi) is 12.9. The molecule has 9 heteroatoms. The first-order chi connectivity index (χ1) is 24.9. The Balaban J connectivity index is 1.04. The normalized spacial score (nSPS) is 19.4. The minimum atomic E-state index is -0.513. The Morgan fingerprint density at radius 3 is 2.25 bits per heavy atom. The highest BCUT2D eigenvalue weighted by atomic mass is 16.7.